The molecule has 1 aliphatic heterocycles. The van der Waals surface area contributed by atoms with E-state index in [1.807, 2.05) is 32.0 Å². The normalized spacial score (nSPS) is 18.6. The molecule has 0 radical (unpaired) electrons. The van der Waals surface area contributed by atoms with Crippen molar-refractivity contribution in [2.24, 2.45) is 5.92 Å². The number of nitrogens with zero attached hydrogens (tertiary/aromatic N) is 3. The van der Waals surface area contributed by atoms with E-state index in [0.29, 0.717) is 26.1 Å². The third-order valence-electron chi connectivity index (χ3n) is 3.61. The number of amides is 2. The molecule has 1 saturated heterocycles. The van der Waals surface area contributed by atoms with E-state index >= 15 is 0 Å². The molecule has 2 heterocycles. The summed E-state index contributed by atoms with van der Waals surface area (Å²) in [6, 6.07) is 1.89. The first-order valence-electron chi connectivity index (χ1n) is 7.17. The third-order valence-corrected chi connectivity index (χ3v) is 3.61. The van der Waals surface area contributed by atoms with Crippen molar-refractivity contribution in [3.05, 3.63) is 17.5 Å². The second-order valence-corrected chi connectivity index (χ2v) is 5.80. The first kappa shape index (κ1) is 15.5. The van der Waals surface area contributed by atoms with Gasteiger partial charge in [-0.3, -0.25) is 14.7 Å². The first-order chi connectivity index (χ1) is 9.95. The molecule has 2 N–H and O–H groups in total. The number of carbonyl (C=O) groups is 2. The number of hydrogen-bond donors (Lipinski definition) is 2. The molecule has 0 unspecified atom stereocenters. The Labute approximate surface area is 124 Å². The quantitative estimate of drug-likeness (QED) is 0.757. The summed E-state index contributed by atoms with van der Waals surface area (Å²) in [4.78, 5) is 27.8. The smallest absolute Gasteiger partial charge is 0.225 e. The lowest BCUT2D eigenvalue weighted by atomic mass is 10.1. The minimum Gasteiger partial charge on any atom is -0.350 e. The van der Waals surface area contributed by atoms with Gasteiger partial charge in [0.1, 0.15) is 0 Å². The molecule has 0 saturated carbocycles. The van der Waals surface area contributed by atoms with E-state index in [1.165, 1.54) is 0 Å². The van der Waals surface area contributed by atoms with Gasteiger partial charge in [-0.15, -0.1) is 0 Å². The summed E-state index contributed by atoms with van der Waals surface area (Å²) in [7, 11) is 3.94. The van der Waals surface area contributed by atoms with Gasteiger partial charge in [0.05, 0.1) is 18.2 Å². The predicted octanol–water partition coefficient (Wildman–Crippen LogP) is -0.256. The van der Waals surface area contributed by atoms with Crippen molar-refractivity contribution in [3.63, 3.8) is 0 Å². The molecule has 1 aliphatic rings. The van der Waals surface area contributed by atoms with Crippen molar-refractivity contribution < 1.29 is 9.59 Å². The third kappa shape index (κ3) is 4.29. The monoisotopic (exact) mass is 293 g/mol. The Morgan fingerprint density at radius 1 is 1.57 bits per heavy atom. The van der Waals surface area contributed by atoms with E-state index in [0.717, 1.165) is 17.9 Å². The highest BCUT2D eigenvalue weighted by Gasteiger charge is 2.33. The Kier molecular flexibility index (Phi) is 4.95. The maximum absolute atomic E-state index is 12.1. The molecule has 2 amide bonds. The van der Waals surface area contributed by atoms with Crippen molar-refractivity contribution in [1.29, 1.82) is 0 Å². The van der Waals surface area contributed by atoms with Crippen molar-refractivity contribution in [2.75, 3.05) is 33.7 Å². The van der Waals surface area contributed by atoms with E-state index < -0.39 is 0 Å². The minimum absolute atomic E-state index is 0.0626. The largest absolute Gasteiger partial charge is 0.350 e. The number of aromatic nitrogens is 2. The van der Waals surface area contributed by atoms with Gasteiger partial charge < -0.3 is 15.1 Å². The fraction of sp³-hybridized carbons (Fsp3) is 0.643. The average molecular weight is 293 g/mol. The fourth-order valence-electron chi connectivity index (χ4n) is 2.37. The summed E-state index contributed by atoms with van der Waals surface area (Å²) < 4.78 is 0. The van der Waals surface area contributed by atoms with Gasteiger partial charge in [0.2, 0.25) is 11.8 Å². The molecular weight excluding hydrogens is 270 g/mol. The zero-order chi connectivity index (χ0) is 15.4. The summed E-state index contributed by atoms with van der Waals surface area (Å²) in [5.41, 5.74) is 1.76. The molecule has 0 bridgehead atoms. The molecule has 1 fully saturated rings. The zero-order valence-corrected chi connectivity index (χ0v) is 12.8. The topological polar surface area (TPSA) is 81.3 Å². The number of aromatic amines is 1. The SMILES string of the molecule is Cc1cc(CNC(=O)[C@H]2CC(=O)N(CCN(C)C)C2)n[nH]1. The van der Waals surface area contributed by atoms with Crippen LogP contribution >= 0.6 is 0 Å². The molecule has 2 rings (SSSR count). The van der Waals surface area contributed by atoms with Gasteiger partial charge >= 0.3 is 0 Å². The molecule has 1 aromatic heterocycles. The van der Waals surface area contributed by atoms with E-state index in [9.17, 15) is 9.59 Å². The van der Waals surface area contributed by atoms with Crippen LogP contribution in [-0.4, -0.2) is 65.5 Å². The van der Waals surface area contributed by atoms with Crippen molar-refractivity contribution >= 4 is 11.8 Å². The van der Waals surface area contributed by atoms with Crippen LogP contribution in [0.3, 0.4) is 0 Å². The molecule has 21 heavy (non-hydrogen) atoms. The Hall–Kier alpha value is -1.89. The lowest BCUT2D eigenvalue weighted by Gasteiger charge is -2.19. The number of aryl methyl sites for hydroxylation is 1. The van der Waals surface area contributed by atoms with Gasteiger partial charge in [-0.2, -0.15) is 5.10 Å². The van der Waals surface area contributed by atoms with Gasteiger partial charge in [-0.05, 0) is 27.1 Å². The second-order valence-electron chi connectivity index (χ2n) is 5.80. The van der Waals surface area contributed by atoms with Gasteiger partial charge in [-0.25, -0.2) is 0 Å². The molecule has 7 heteroatoms. The summed E-state index contributed by atoms with van der Waals surface area (Å²) in [6.45, 7) is 4.31. The molecular formula is C14H23N5O2. The van der Waals surface area contributed by atoms with Gasteiger partial charge in [0, 0.05) is 31.7 Å². The predicted molar refractivity (Wildman–Crippen MR) is 78.4 cm³/mol. The van der Waals surface area contributed by atoms with Crippen LogP contribution < -0.4 is 5.32 Å². The van der Waals surface area contributed by atoms with E-state index in [-0.39, 0.29) is 17.7 Å². The summed E-state index contributed by atoms with van der Waals surface area (Å²) in [5, 5.41) is 9.75. The van der Waals surface area contributed by atoms with E-state index in [2.05, 4.69) is 15.5 Å². The molecule has 1 atom stereocenters. The van der Waals surface area contributed by atoms with Crippen LogP contribution in [0.1, 0.15) is 17.8 Å². The van der Waals surface area contributed by atoms with Crippen LogP contribution in [0.5, 0.6) is 0 Å². The van der Waals surface area contributed by atoms with Crippen molar-refractivity contribution in [1.82, 2.24) is 25.3 Å². The van der Waals surface area contributed by atoms with Crippen molar-refractivity contribution in [2.45, 2.75) is 19.9 Å². The number of likely N-dealkylation sites (N-methyl/N-ethyl adjacent to an activating group) is 1. The van der Waals surface area contributed by atoms with E-state index in [1.54, 1.807) is 4.90 Å². The second kappa shape index (κ2) is 6.71. The molecule has 0 spiro atoms. The number of H-pyrrole nitrogens is 1. The standard InChI is InChI=1S/C14H23N5O2/c1-10-6-12(17-16-10)8-15-14(21)11-7-13(20)19(9-11)5-4-18(2)3/h6,11H,4-5,7-9H2,1-3H3,(H,15,21)(H,16,17)/t11-/m0/s1. The van der Waals surface area contributed by atoms with Gasteiger partial charge in [0.15, 0.2) is 0 Å². The molecule has 0 aliphatic carbocycles. The number of rotatable bonds is 6. The number of likely N-dealkylation sites (tertiary alicyclic amines) is 1. The summed E-state index contributed by atoms with van der Waals surface area (Å²) in [6.07, 6.45) is 0.304. The van der Waals surface area contributed by atoms with Crippen LogP contribution in [0.25, 0.3) is 0 Å². The highest BCUT2D eigenvalue weighted by molar-refractivity contribution is 5.89. The Morgan fingerprint density at radius 2 is 2.33 bits per heavy atom. The Bertz CT molecular complexity index is 511. The Morgan fingerprint density at radius 3 is 2.95 bits per heavy atom. The van der Waals surface area contributed by atoms with Gasteiger partial charge in [0.25, 0.3) is 0 Å². The van der Waals surface area contributed by atoms with Crippen LogP contribution in [0, 0.1) is 12.8 Å². The highest BCUT2D eigenvalue weighted by atomic mass is 16.2. The molecule has 7 nitrogen and oxygen atoms in total. The number of hydrogen-bond acceptors (Lipinski definition) is 4. The highest BCUT2D eigenvalue weighted by Crippen LogP contribution is 2.17. The van der Waals surface area contributed by atoms with Crippen LogP contribution in [0.2, 0.25) is 0 Å². The van der Waals surface area contributed by atoms with Crippen LogP contribution in [0.15, 0.2) is 6.07 Å². The Balaban J connectivity index is 1.79. The van der Waals surface area contributed by atoms with E-state index in [4.69, 9.17) is 0 Å². The van der Waals surface area contributed by atoms with Crippen LogP contribution in [-0.2, 0) is 16.1 Å². The molecule has 0 aromatic carbocycles. The first-order valence-corrected chi connectivity index (χ1v) is 7.17. The fourth-order valence-corrected chi connectivity index (χ4v) is 2.37. The maximum atomic E-state index is 12.1. The lowest BCUT2D eigenvalue weighted by molar-refractivity contribution is -0.129. The van der Waals surface area contributed by atoms with Crippen LogP contribution in [0.4, 0.5) is 0 Å². The molecule has 116 valence electrons. The summed E-state index contributed by atoms with van der Waals surface area (Å²) >= 11 is 0. The average Bonchev–Trinajstić information content (AvgIpc) is 3.00. The molecule has 1 aromatic rings. The van der Waals surface area contributed by atoms with Gasteiger partial charge in [-0.1, -0.05) is 0 Å². The maximum Gasteiger partial charge on any atom is 0.225 e. The number of carbonyl (C=O) groups excluding carboxylic acids is 2. The minimum atomic E-state index is -0.250. The summed E-state index contributed by atoms with van der Waals surface area (Å²) in [5.74, 6) is -0.260. The van der Waals surface area contributed by atoms with Crippen molar-refractivity contribution in [3.8, 4) is 0 Å². The zero-order valence-electron chi connectivity index (χ0n) is 12.8. The lowest BCUT2D eigenvalue weighted by Crippen LogP contribution is -2.35. The number of nitrogens with one attached hydrogen (secondary N) is 2.